The summed E-state index contributed by atoms with van der Waals surface area (Å²) in [5.74, 6) is 0.820. The van der Waals surface area contributed by atoms with Crippen molar-refractivity contribution in [1.82, 2.24) is 10.2 Å². The number of amides is 2. The van der Waals surface area contributed by atoms with Gasteiger partial charge in [0.25, 0.3) is 0 Å². The highest BCUT2D eigenvalue weighted by atomic mass is 16.5. The first-order valence-corrected chi connectivity index (χ1v) is 11.6. The van der Waals surface area contributed by atoms with E-state index in [4.69, 9.17) is 11.2 Å². The molecule has 1 saturated carbocycles. The lowest BCUT2D eigenvalue weighted by Gasteiger charge is -2.35. The van der Waals surface area contributed by atoms with Gasteiger partial charge >= 0.3 is 12.1 Å². The Kier molecular flexibility index (Phi) is 5.52. The second-order valence-corrected chi connectivity index (χ2v) is 9.19. The lowest BCUT2D eigenvalue weighted by Crippen LogP contribution is -2.57. The molecular weight excluding hydrogens is 432 g/mol. The maximum absolute atomic E-state index is 13.3. The molecule has 0 aromatic heterocycles. The molecule has 2 aromatic rings. The highest BCUT2D eigenvalue weighted by Gasteiger charge is 2.67. The average Bonchev–Trinajstić information content (AvgIpc) is 3.53. The number of carboxylic acid groups (broad SMARTS) is 1. The quantitative estimate of drug-likeness (QED) is 0.647. The molecule has 2 N–H and O–H groups in total. The number of piperidine rings is 1. The first-order chi connectivity index (χ1) is 16.5. The van der Waals surface area contributed by atoms with Crippen LogP contribution in [-0.2, 0) is 14.3 Å². The smallest absolute Gasteiger partial charge is 0.407 e. The van der Waals surface area contributed by atoms with E-state index in [-0.39, 0.29) is 24.9 Å². The van der Waals surface area contributed by atoms with E-state index in [1.807, 2.05) is 36.4 Å². The van der Waals surface area contributed by atoms with Crippen LogP contribution in [-0.4, -0.2) is 52.7 Å². The van der Waals surface area contributed by atoms with E-state index in [1.54, 1.807) is 0 Å². The number of carbonyl (C=O) groups excluding carboxylic acids is 2. The van der Waals surface area contributed by atoms with Crippen LogP contribution in [0.3, 0.4) is 0 Å². The highest BCUT2D eigenvalue weighted by molar-refractivity contribution is 5.94. The van der Waals surface area contributed by atoms with Gasteiger partial charge in [-0.1, -0.05) is 48.5 Å². The molecule has 1 unspecified atom stereocenters. The molecule has 7 nitrogen and oxygen atoms in total. The number of nitrogens with one attached hydrogen (secondary N) is 1. The summed E-state index contributed by atoms with van der Waals surface area (Å²) < 4.78 is 5.56. The third-order valence-corrected chi connectivity index (χ3v) is 7.38. The number of nitrogens with zero attached hydrogens (tertiary/aromatic N) is 1. The maximum atomic E-state index is 13.3. The Hall–Kier alpha value is -3.79. The van der Waals surface area contributed by atoms with Crippen molar-refractivity contribution in [2.45, 2.75) is 43.2 Å². The van der Waals surface area contributed by atoms with E-state index in [0.29, 0.717) is 13.0 Å². The van der Waals surface area contributed by atoms with E-state index in [0.717, 1.165) is 35.1 Å². The highest BCUT2D eigenvalue weighted by Crippen LogP contribution is 2.54. The van der Waals surface area contributed by atoms with Gasteiger partial charge in [0.2, 0.25) is 5.91 Å². The van der Waals surface area contributed by atoms with Crippen LogP contribution in [0.15, 0.2) is 48.5 Å². The van der Waals surface area contributed by atoms with Gasteiger partial charge in [0.1, 0.15) is 18.2 Å². The van der Waals surface area contributed by atoms with Crippen LogP contribution in [0.4, 0.5) is 4.79 Å². The molecule has 0 radical (unpaired) electrons. The monoisotopic (exact) mass is 458 g/mol. The SMILES string of the molecule is C#CCC(NC(=O)OCC1c2ccccc2-c2ccccc21)C(=O)N1CCC[C@@H]2C[C@@]21C(=O)O. The molecule has 1 aliphatic heterocycles. The molecule has 3 atom stereocenters. The molecule has 0 bridgehead atoms. The van der Waals surface area contributed by atoms with E-state index >= 15 is 0 Å². The van der Waals surface area contributed by atoms with Crippen molar-refractivity contribution < 1.29 is 24.2 Å². The standard InChI is InChI=1S/C27H26N2O5/c1-2-8-23(24(30)29-14-7-9-17-15-27(17,29)25(31)32)28-26(33)34-16-22-20-12-5-3-10-18(20)19-11-4-6-13-21(19)22/h1,3-6,10-13,17,22-23H,7-9,14-16H2,(H,28,33)(H,31,32)/t17-,23?,27+/m1/s1. The lowest BCUT2D eigenvalue weighted by atomic mass is 9.98. The van der Waals surface area contributed by atoms with Gasteiger partial charge in [-0.05, 0) is 47.4 Å². The molecule has 174 valence electrons. The number of hydrogen-bond acceptors (Lipinski definition) is 4. The average molecular weight is 459 g/mol. The fraction of sp³-hybridized carbons (Fsp3) is 0.370. The van der Waals surface area contributed by atoms with Gasteiger partial charge in [-0.3, -0.25) is 4.79 Å². The van der Waals surface area contributed by atoms with Crippen molar-refractivity contribution in [3.05, 3.63) is 59.7 Å². The molecule has 2 aliphatic carbocycles. The second kappa shape index (κ2) is 8.53. The molecule has 2 amide bonds. The number of rotatable bonds is 6. The van der Waals surface area contributed by atoms with Crippen LogP contribution in [0.2, 0.25) is 0 Å². The van der Waals surface area contributed by atoms with Gasteiger partial charge in [-0.2, -0.15) is 0 Å². The number of aliphatic carboxylic acids is 1. The summed E-state index contributed by atoms with van der Waals surface area (Å²) in [6.45, 7) is 0.455. The van der Waals surface area contributed by atoms with Gasteiger partial charge in [0.05, 0.1) is 0 Å². The summed E-state index contributed by atoms with van der Waals surface area (Å²) in [6.07, 6.45) is 6.64. The fourth-order valence-corrected chi connectivity index (χ4v) is 5.66. The largest absolute Gasteiger partial charge is 0.479 e. The number of terminal acetylenes is 1. The first-order valence-electron chi connectivity index (χ1n) is 11.6. The van der Waals surface area contributed by atoms with Crippen LogP contribution in [0, 0.1) is 18.3 Å². The Morgan fingerprint density at radius 3 is 2.41 bits per heavy atom. The molecule has 5 rings (SSSR count). The number of likely N-dealkylation sites (tertiary alicyclic amines) is 1. The third kappa shape index (κ3) is 3.50. The van der Waals surface area contributed by atoms with Crippen molar-refractivity contribution in [2.24, 2.45) is 5.92 Å². The molecular formula is C27H26N2O5. The zero-order valence-corrected chi connectivity index (χ0v) is 18.7. The number of alkyl carbamates (subject to hydrolysis) is 1. The van der Waals surface area contributed by atoms with E-state index in [2.05, 4.69) is 23.4 Å². The van der Waals surface area contributed by atoms with Crippen molar-refractivity contribution in [1.29, 1.82) is 0 Å². The zero-order valence-electron chi connectivity index (χ0n) is 18.7. The minimum Gasteiger partial charge on any atom is -0.479 e. The Labute approximate surface area is 198 Å². The summed E-state index contributed by atoms with van der Waals surface area (Å²) in [5.41, 5.74) is 3.25. The molecule has 1 saturated heterocycles. The third-order valence-electron chi connectivity index (χ3n) is 7.38. The molecule has 1 heterocycles. The van der Waals surface area contributed by atoms with Crippen molar-refractivity contribution in [3.8, 4) is 23.5 Å². The first kappa shape index (κ1) is 22.0. The Morgan fingerprint density at radius 1 is 1.15 bits per heavy atom. The molecule has 2 fully saturated rings. The van der Waals surface area contributed by atoms with Crippen molar-refractivity contribution in [3.63, 3.8) is 0 Å². The predicted octanol–water partition coefficient (Wildman–Crippen LogP) is 3.38. The lowest BCUT2D eigenvalue weighted by molar-refractivity contribution is -0.155. The fourth-order valence-electron chi connectivity index (χ4n) is 5.66. The number of carboxylic acids is 1. The summed E-state index contributed by atoms with van der Waals surface area (Å²) in [5, 5.41) is 12.4. The summed E-state index contributed by atoms with van der Waals surface area (Å²) >= 11 is 0. The molecule has 3 aliphatic rings. The van der Waals surface area contributed by atoms with Crippen LogP contribution >= 0.6 is 0 Å². The molecule has 2 aromatic carbocycles. The van der Waals surface area contributed by atoms with Gasteiger partial charge in [-0.15, -0.1) is 12.3 Å². The van der Waals surface area contributed by atoms with E-state index < -0.39 is 29.6 Å². The summed E-state index contributed by atoms with van der Waals surface area (Å²) in [4.78, 5) is 39.3. The van der Waals surface area contributed by atoms with Crippen molar-refractivity contribution in [2.75, 3.05) is 13.2 Å². The van der Waals surface area contributed by atoms with E-state index in [9.17, 15) is 19.5 Å². The van der Waals surface area contributed by atoms with Gasteiger partial charge in [0.15, 0.2) is 0 Å². The van der Waals surface area contributed by atoms with Gasteiger partial charge in [-0.25, -0.2) is 9.59 Å². The number of fused-ring (bicyclic) bond motifs is 4. The van der Waals surface area contributed by atoms with Crippen LogP contribution in [0.25, 0.3) is 11.1 Å². The Bertz CT molecular complexity index is 1160. The van der Waals surface area contributed by atoms with Crippen LogP contribution in [0.5, 0.6) is 0 Å². The van der Waals surface area contributed by atoms with Crippen molar-refractivity contribution >= 4 is 18.0 Å². The minimum absolute atomic E-state index is 0.0383. The van der Waals surface area contributed by atoms with E-state index in [1.165, 1.54) is 4.90 Å². The molecule has 34 heavy (non-hydrogen) atoms. The minimum atomic E-state index is -1.16. The number of ether oxygens (including phenoxy) is 1. The number of carbonyl (C=O) groups is 3. The zero-order chi connectivity index (χ0) is 23.9. The maximum Gasteiger partial charge on any atom is 0.407 e. The topological polar surface area (TPSA) is 95.9 Å². The molecule has 0 spiro atoms. The Balaban J connectivity index is 1.28. The normalized spacial score (nSPS) is 23.0. The number of benzene rings is 2. The predicted molar refractivity (Wildman–Crippen MR) is 125 cm³/mol. The molecule has 7 heteroatoms. The summed E-state index contributed by atoms with van der Waals surface area (Å²) in [7, 11) is 0. The van der Waals surface area contributed by atoms with Crippen LogP contribution < -0.4 is 5.32 Å². The van der Waals surface area contributed by atoms with Gasteiger partial charge in [0, 0.05) is 18.9 Å². The summed E-state index contributed by atoms with van der Waals surface area (Å²) in [6, 6.07) is 15.0. The number of hydrogen-bond donors (Lipinski definition) is 2. The van der Waals surface area contributed by atoms with Crippen LogP contribution in [0.1, 0.15) is 42.7 Å². The van der Waals surface area contributed by atoms with Gasteiger partial charge < -0.3 is 20.1 Å². The second-order valence-electron chi connectivity index (χ2n) is 9.19. The Morgan fingerprint density at radius 2 is 1.79 bits per heavy atom.